The Morgan fingerprint density at radius 1 is 1.03 bits per heavy atom. The maximum atomic E-state index is 11.3. The molecule has 29 heavy (non-hydrogen) atoms. The second-order valence-electron chi connectivity index (χ2n) is 8.40. The lowest BCUT2D eigenvalue weighted by Gasteiger charge is -2.34. The zero-order valence-electron chi connectivity index (χ0n) is 18.8. The lowest BCUT2D eigenvalue weighted by atomic mass is 10.1. The van der Waals surface area contributed by atoms with Crippen LogP contribution in [0.25, 0.3) is 0 Å². The van der Waals surface area contributed by atoms with Crippen molar-refractivity contribution in [3.8, 4) is 0 Å². The molecule has 1 rings (SSSR count). The van der Waals surface area contributed by atoms with Crippen LogP contribution in [-0.4, -0.2) is 34.1 Å². The summed E-state index contributed by atoms with van der Waals surface area (Å²) >= 11 is 0. The van der Waals surface area contributed by atoms with Gasteiger partial charge in [0.15, 0.2) is 6.54 Å². The molecule has 0 amide bonds. The molecule has 0 aromatic carbocycles. The van der Waals surface area contributed by atoms with Gasteiger partial charge in [0, 0.05) is 13.3 Å². The molecule has 0 fully saturated rings. The van der Waals surface area contributed by atoms with Gasteiger partial charge in [0.05, 0.1) is 6.20 Å². The summed E-state index contributed by atoms with van der Waals surface area (Å²) in [6.45, 7) is 4.09. The zero-order chi connectivity index (χ0) is 21.4. The highest BCUT2D eigenvalue weighted by molar-refractivity contribution is 5.81. The number of carboxylic acid groups (broad SMARTS) is 1. The number of rotatable bonds is 18. The SMILES string of the molecule is CCCCCCCC/C=C/CCCCCCCC1=NC=C[N+]1(CC(=O)O)C(C)N. The Morgan fingerprint density at radius 2 is 1.59 bits per heavy atom. The van der Waals surface area contributed by atoms with Crippen molar-refractivity contribution in [3.63, 3.8) is 0 Å². The molecule has 0 bridgehead atoms. The molecule has 0 aliphatic carbocycles. The summed E-state index contributed by atoms with van der Waals surface area (Å²) in [4.78, 5) is 15.7. The zero-order valence-corrected chi connectivity index (χ0v) is 18.8. The van der Waals surface area contributed by atoms with E-state index in [1.54, 1.807) is 6.20 Å². The van der Waals surface area contributed by atoms with Gasteiger partial charge < -0.3 is 5.11 Å². The standard InChI is InChI=1S/C24H43N3O2/c1-3-4-5-6-7-8-9-10-11-12-13-14-15-16-17-18-23-26-19-20-27(23,22(2)25)21-24(28)29/h10-11,19-20,22H,3-9,12-18,21,25H2,1-2H3/p+1/b11-10+. The van der Waals surface area contributed by atoms with Crippen LogP contribution in [0.2, 0.25) is 0 Å². The average molecular weight is 407 g/mol. The number of nitrogens with two attached hydrogens (primary N) is 1. The monoisotopic (exact) mass is 406 g/mol. The maximum absolute atomic E-state index is 11.3. The maximum Gasteiger partial charge on any atom is 0.360 e. The van der Waals surface area contributed by atoms with Gasteiger partial charge in [-0.1, -0.05) is 70.4 Å². The quantitative estimate of drug-likeness (QED) is 0.164. The van der Waals surface area contributed by atoms with E-state index in [4.69, 9.17) is 5.73 Å². The molecule has 0 saturated carbocycles. The summed E-state index contributed by atoms with van der Waals surface area (Å²) < 4.78 is 0.165. The number of carboxylic acids is 1. The fraction of sp³-hybridized carbons (Fsp3) is 0.750. The second kappa shape index (κ2) is 15.4. The van der Waals surface area contributed by atoms with Gasteiger partial charge in [-0.15, -0.1) is 0 Å². The normalized spacial score (nSPS) is 19.8. The van der Waals surface area contributed by atoms with E-state index in [9.17, 15) is 9.90 Å². The van der Waals surface area contributed by atoms with Gasteiger partial charge in [-0.3, -0.25) is 5.73 Å². The van der Waals surface area contributed by atoms with Crippen LogP contribution < -0.4 is 5.73 Å². The number of aliphatic carboxylic acids is 1. The Labute approximate surface area is 178 Å². The predicted molar refractivity (Wildman–Crippen MR) is 122 cm³/mol. The number of quaternary nitrogens is 1. The first-order valence-electron chi connectivity index (χ1n) is 11.8. The van der Waals surface area contributed by atoms with Crippen LogP contribution in [0.5, 0.6) is 0 Å². The topological polar surface area (TPSA) is 75.7 Å². The smallest absolute Gasteiger partial charge is 0.360 e. The van der Waals surface area contributed by atoms with Crippen molar-refractivity contribution in [3.05, 3.63) is 24.6 Å². The summed E-state index contributed by atoms with van der Waals surface area (Å²) in [5, 5.41) is 9.24. The Kier molecular flexibility index (Phi) is 13.6. The summed E-state index contributed by atoms with van der Waals surface area (Å²) in [6.07, 6.45) is 25.3. The first-order valence-corrected chi connectivity index (χ1v) is 11.8. The number of nitrogens with zero attached hydrogens (tertiary/aromatic N) is 2. The largest absolute Gasteiger partial charge is 0.477 e. The van der Waals surface area contributed by atoms with Crippen molar-refractivity contribution in [1.82, 2.24) is 0 Å². The molecule has 5 nitrogen and oxygen atoms in total. The van der Waals surface area contributed by atoms with Crippen molar-refractivity contribution in [2.24, 2.45) is 10.7 Å². The van der Waals surface area contributed by atoms with E-state index >= 15 is 0 Å². The molecule has 1 heterocycles. The van der Waals surface area contributed by atoms with Gasteiger partial charge in [0.25, 0.3) is 0 Å². The van der Waals surface area contributed by atoms with E-state index < -0.39 is 5.97 Å². The highest BCUT2D eigenvalue weighted by atomic mass is 16.4. The summed E-state index contributed by atoms with van der Waals surface area (Å²) in [5.41, 5.74) is 6.10. The van der Waals surface area contributed by atoms with Crippen LogP contribution in [0.4, 0.5) is 0 Å². The highest BCUT2D eigenvalue weighted by Gasteiger charge is 2.40. The van der Waals surface area contributed by atoms with Gasteiger partial charge in [-0.25, -0.2) is 14.3 Å². The molecule has 166 valence electrons. The van der Waals surface area contributed by atoms with Gasteiger partial charge in [0.1, 0.15) is 12.4 Å². The van der Waals surface area contributed by atoms with Crippen LogP contribution in [0.1, 0.15) is 104 Å². The molecular weight excluding hydrogens is 362 g/mol. The van der Waals surface area contributed by atoms with Crippen molar-refractivity contribution in [1.29, 1.82) is 0 Å². The number of unbranched alkanes of at least 4 members (excludes halogenated alkanes) is 11. The molecule has 0 radical (unpaired) electrons. The number of aliphatic imine (C=N–C) groups is 1. The van der Waals surface area contributed by atoms with E-state index in [2.05, 4.69) is 24.1 Å². The van der Waals surface area contributed by atoms with Crippen molar-refractivity contribution in [2.45, 2.75) is 110 Å². The van der Waals surface area contributed by atoms with Crippen LogP contribution in [0.15, 0.2) is 29.5 Å². The Morgan fingerprint density at radius 3 is 2.14 bits per heavy atom. The molecule has 2 unspecified atom stereocenters. The van der Waals surface area contributed by atoms with Crippen LogP contribution in [0.3, 0.4) is 0 Å². The van der Waals surface area contributed by atoms with Gasteiger partial charge >= 0.3 is 5.97 Å². The molecule has 0 aromatic rings. The number of allylic oxidation sites excluding steroid dienone is 2. The Bertz CT molecular complexity index is 540. The second-order valence-corrected chi connectivity index (χ2v) is 8.40. The fourth-order valence-corrected chi connectivity index (χ4v) is 3.94. The molecular formula is C24H44N3O2+. The van der Waals surface area contributed by atoms with E-state index in [0.717, 1.165) is 25.1 Å². The molecule has 1 aliphatic rings. The van der Waals surface area contributed by atoms with Crippen molar-refractivity contribution < 1.29 is 14.4 Å². The molecule has 0 spiro atoms. The molecule has 0 aromatic heterocycles. The molecule has 5 heteroatoms. The Hall–Kier alpha value is -1.46. The molecule has 0 saturated heterocycles. The average Bonchev–Trinajstić information content (AvgIpc) is 3.08. The number of carbonyl (C=O) groups is 1. The minimum atomic E-state index is -0.842. The predicted octanol–water partition coefficient (Wildman–Crippen LogP) is 6.11. The van der Waals surface area contributed by atoms with Crippen LogP contribution in [0, 0.1) is 0 Å². The third kappa shape index (κ3) is 10.2. The minimum Gasteiger partial charge on any atom is -0.477 e. The first kappa shape index (κ1) is 25.6. The summed E-state index contributed by atoms with van der Waals surface area (Å²) in [6, 6.07) is 0. The third-order valence-electron chi connectivity index (χ3n) is 5.82. The number of hydrogen-bond donors (Lipinski definition) is 2. The summed E-state index contributed by atoms with van der Waals surface area (Å²) in [5.74, 6) is 0.0473. The van der Waals surface area contributed by atoms with Gasteiger partial charge in [-0.05, 0) is 32.1 Å². The van der Waals surface area contributed by atoms with Gasteiger partial charge in [-0.2, -0.15) is 0 Å². The first-order chi connectivity index (χ1) is 14.0. The number of hydrogen-bond acceptors (Lipinski definition) is 3. The van der Waals surface area contributed by atoms with E-state index in [1.807, 2.05) is 13.1 Å². The molecule has 3 N–H and O–H groups in total. The lowest BCUT2D eigenvalue weighted by Crippen LogP contribution is -2.59. The molecule has 2 atom stereocenters. The van der Waals surface area contributed by atoms with Crippen molar-refractivity contribution >= 4 is 11.8 Å². The van der Waals surface area contributed by atoms with Crippen molar-refractivity contribution in [2.75, 3.05) is 6.54 Å². The van der Waals surface area contributed by atoms with E-state index in [0.29, 0.717) is 0 Å². The van der Waals surface area contributed by atoms with Gasteiger partial charge in [0.2, 0.25) is 5.84 Å². The van der Waals surface area contributed by atoms with E-state index in [1.165, 1.54) is 70.6 Å². The lowest BCUT2D eigenvalue weighted by molar-refractivity contribution is -0.805. The van der Waals surface area contributed by atoms with Crippen LogP contribution >= 0.6 is 0 Å². The fourth-order valence-electron chi connectivity index (χ4n) is 3.94. The Balaban J connectivity index is 2.06. The van der Waals surface area contributed by atoms with E-state index in [-0.39, 0.29) is 17.2 Å². The minimum absolute atomic E-state index is 0.0297. The summed E-state index contributed by atoms with van der Waals surface area (Å²) in [7, 11) is 0. The van der Waals surface area contributed by atoms with Crippen LogP contribution in [-0.2, 0) is 4.79 Å². The number of amidine groups is 1. The molecule has 1 aliphatic heterocycles. The third-order valence-corrected chi connectivity index (χ3v) is 5.82. The highest BCUT2D eigenvalue weighted by Crippen LogP contribution is 2.23.